The summed E-state index contributed by atoms with van der Waals surface area (Å²) in [5, 5.41) is 1.58. The fraction of sp³-hybridized carbons (Fsp3) is 0.182. The standard InChI is InChI=1S/C11H11ClN2O/c1-14(2)11(15)9-6-7-4-3-5-8(12)10(7)13-9/h3-6,13H,1-2H3. The van der Waals surface area contributed by atoms with E-state index < -0.39 is 0 Å². The molecule has 0 fully saturated rings. The molecule has 0 aliphatic heterocycles. The van der Waals surface area contributed by atoms with Gasteiger partial charge in [0.15, 0.2) is 0 Å². The van der Waals surface area contributed by atoms with Crippen LogP contribution in [-0.4, -0.2) is 29.9 Å². The summed E-state index contributed by atoms with van der Waals surface area (Å²) < 4.78 is 0. The molecule has 1 heterocycles. The Morgan fingerprint density at radius 1 is 1.40 bits per heavy atom. The smallest absolute Gasteiger partial charge is 0.269 e. The number of rotatable bonds is 1. The number of halogens is 1. The average Bonchev–Trinajstić information content (AvgIpc) is 2.61. The molecule has 3 nitrogen and oxygen atoms in total. The van der Waals surface area contributed by atoms with Gasteiger partial charge in [-0.1, -0.05) is 23.7 Å². The molecule has 4 heteroatoms. The van der Waals surface area contributed by atoms with Gasteiger partial charge in [0.1, 0.15) is 5.69 Å². The summed E-state index contributed by atoms with van der Waals surface area (Å²) >= 11 is 6.00. The lowest BCUT2D eigenvalue weighted by molar-refractivity contribution is 0.0823. The molecule has 2 aromatic rings. The quantitative estimate of drug-likeness (QED) is 0.791. The zero-order chi connectivity index (χ0) is 11.0. The van der Waals surface area contributed by atoms with Crippen LogP contribution >= 0.6 is 11.6 Å². The van der Waals surface area contributed by atoms with Gasteiger partial charge in [0.2, 0.25) is 0 Å². The largest absolute Gasteiger partial charge is 0.349 e. The van der Waals surface area contributed by atoms with Crippen molar-refractivity contribution >= 4 is 28.4 Å². The van der Waals surface area contributed by atoms with Crippen molar-refractivity contribution < 1.29 is 4.79 Å². The fourth-order valence-corrected chi connectivity index (χ4v) is 1.70. The zero-order valence-electron chi connectivity index (χ0n) is 8.54. The maximum absolute atomic E-state index is 11.7. The van der Waals surface area contributed by atoms with E-state index in [1.165, 1.54) is 4.90 Å². The molecule has 0 atom stereocenters. The molecule has 1 N–H and O–H groups in total. The van der Waals surface area contributed by atoms with Gasteiger partial charge < -0.3 is 9.88 Å². The summed E-state index contributed by atoms with van der Waals surface area (Å²) in [7, 11) is 3.44. The lowest BCUT2D eigenvalue weighted by Crippen LogP contribution is -2.21. The first-order valence-electron chi connectivity index (χ1n) is 4.58. The summed E-state index contributed by atoms with van der Waals surface area (Å²) in [6.07, 6.45) is 0. The summed E-state index contributed by atoms with van der Waals surface area (Å²) in [6.45, 7) is 0. The third-order valence-electron chi connectivity index (χ3n) is 2.24. The van der Waals surface area contributed by atoms with Gasteiger partial charge in [0.25, 0.3) is 5.91 Å². The SMILES string of the molecule is CN(C)C(=O)c1cc2cccc(Cl)c2[nH]1. The van der Waals surface area contributed by atoms with Crippen LogP contribution in [0, 0.1) is 0 Å². The van der Waals surface area contributed by atoms with Crippen molar-refractivity contribution in [2.45, 2.75) is 0 Å². The van der Waals surface area contributed by atoms with Crippen molar-refractivity contribution in [3.63, 3.8) is 0 Å². The Morgan fingerprint density at radius 2 is 2.13 bits per heavy atom. The summed E-state index contributed by atoms with van der Waals surface area (Å²) in [5.74, 6) is -0.0535. The number of hydrogen-bond donors (Lipinski definition) is 1. The summed E-state index contributed by atoms with van der Waals surface area (Å²) in [5.41, 5.74) is 1.37. The number of carbonyl (C=O) groups is 1. The number of aromatic amines is 1. The van der Waals surface area contributed by atoms with E-state index in [-0.39, 0.29) is 5.91 Å². The highest BCUT2D eigenvalue weighted by atomic mass is 35.5. The topological polar surface area (TPSA) is 36.1 Å². The van der Waals surface area contributed by atoms with Gasteiger partial charge in [-0.2, -0.15) is 0 Å². The number of nitrogens with one attached hydrogen (secondary N) is 1. The van der Waals surface area contributed by atoms with Crippen molar-refractivity contribution in [3.8, 4) is 0 Å². The molecule has 2 rings (SSSR count). The van der Waals surface area contributed by atoms with Crippen molar-refractivity contribution in [3.05, 3.63) is 35.0 Å². The Balaban J connectivity index is 2.57. The first-order chi connectivity index (χ1) is 7.09. The molecule has 15 heavy (non-hydrogen) atoms. The Labute approximate surface area is 92.6 Å². The van der Waals surface area contributed by atoms with Crippen LogP contribution in [-0.2, 0) is 0 Å². The average molecular weight is 223 g/mol. The molecule has 0 saturated heterocycles. The number of H-pyrrole nitrogens is 1. The molecule has 0 radical (unpaired) electrons. The first-order valence-corrected chi connectivity index (χ1v) is 4.96. The number of carbonyl (C=O) groups excluding carboxylic acids is 1. The normalized spacial score (nSPS) is 10.6. The maximum Gasteiger partial charge on any atom is 0.269 e. The van der Waals surface area contributed by atoms with Gasteiger partial charge in [-0.3, -0.25) is 4.79 Å². The van der Waals surface area contributed by atoms with Crippen molar-refractivity contribution in [2.75, 3.05) is 14.1 Å². The molecule has 78 valence electrons. The van der Waals surface area contributed by atoms with Crippen molar-refractivity contribution in [1.29, 1.82) is 0 Å². The van der Waals surface area contributed by atoms with Gasteiger partial charge in [-0.05, 0) is 12.1 Å². The second-order valence-electron chi connectivity index (χ2n) is 3.59. The predicted octanol–water partition coefficient (Wildman–Crippen LogP) is 2.52. The van der Waals surface area contributed by atoms with E-state index in [1.807, 2.05) is 18.2 Å². The van der Waals surface area contributed by atoms with Gasteiger partial charge in [-0.25, -0.2) is 0 Å². The summed E-state index contributed by atoms with van der Waals surface area (Å²) in [6, 6.07) is 7.39. The zero-order valence-corrected chi connectivity index (χ0v) is 9.30. The van der Waals surface area contributed by atoms with E-state index in [4.69, 9.17) is 11.6 Å². The van der Waals surface area contributed by atoms with Gasteiger partial charge in [0.05, 0.1) is 10.5 Å². The number of aromatic nitrogens is 1. The number of fused-ring (bicyclic) bond motifs is 1. The molecule has 0 aliphatic carbocycles. The minimum atomic E-state index is -0.0535. The summed E-state index contributed by atoms with van der Waals surface area (Å²) in [4.78, 5) is 16.2. The highest BCUT2D eigenvalue weighted by molar-refractivity contribution is 6.35. The molecule has 0 aliphatic rings. The van der Waals surface area contributed by atoms with Gasteiger partial charge in [-0.15, -0.1) is 0 Å². The number of nitrogens with zero attached hydrogens (tertiary/aromatic N) is 1. The molecule has 0 bridgehead atoms. The van der Waals surface area contributed by atoms with E-state index in [2.05, 4.69) is 4.98 Å². The minimum Gasteiger partial charge on any atom is -0.349 e. The van der Waals surface area contributed by atoms with E-state index in [1.54, 1.807) is 20.2 Å². The molecule has 1 amide bonds. The van der Waals surface area contributed by atoms with Crippen LogP contribution in [0.4, 0.5) is 0 Å². The minimum absolute atomic E-state index is 0.0535. The highest BCUT2D eigenvalue weighted by Gasteiger charge is 2.11. The first kappa shape index (κ1) is 10.1. The van der Waals surface area contributed by atoms with Crippen LogP contribution in [0.3, 0.4) is 0 Å². The van der Waals surface area contributed by atoms with Crippen molar-refractivity contribution in [1.82, 2.24) is 9.88 Å². The molecular formula is C11H11ClN2O. The van der Waals surface area contributed by atoms with E-state index in [9.17, 15) is 4.79 Å². The van der Waals surface area contributed by atoms with Gasteiger partial charge in [0, 0.05) is 19.5 Å². The number of para-hydroxylation sites is 1. The lowest BCUT2D eigenvalue weighted by Gasteiger charge is -2.07. The van der Waals surface area contributed by atoms with E-state index >= 15 is 0 Å². The monoisotopic (exact) mass is 222 g/mol. The maximum atomic E-state index is 11.7. The molecule has 0 unspecified atom stereocenters. The molecular weight excluding hydrogens is 212 g/mol. The predicted molar refractivity (Wildman–Crippen MR) is 61.3 cm³/mol. The second-order valence-corrected chi connectivity index (χ2v) is 3.99. The van der Waals surface area contributed by atoms with Crippen LogP contribution < -0.4 is 0 Å². The number of amides is 1. The molecule has 0 spiro atoms. The van der Waals surface area contributed by atoms with E-state index in [0.29, 0.717) is 10.7 Å². The third kappa shape index (κ3) is 1.70. The van der Waals surface area contributed by atoms with Crippen LogP contribution in [0.2, 0.25) is 5.02 Å². The van der Waals surface area contributed by atoms with Crippen LogP contribution in [0.15, 0.2) is 24.3 Å². The third-order valence-corrected chi connectivity index (χ3v) is 2.56. The Morgan fingerprint density at radius 3 is 2.73 bits per heavy atom. The van der Waals surface area contributed by atoms with Crippen molar-refractivity contribution in [2.24, 2.45) is 0 Å². The van der Waals surface area contributed by atoms with Crippen LogP contribution in [0.5, 0.6) is 0 Å². The Kier molecular flexibility index (Phi) is 2.40. The Hall–Kier alpha value is -1.48. The lowest BCUT2D eigenvalue weighted by atomic mass is 10.2. The fourth-order valence-electron chi connectivity index (χ4n) is 1.48. The van der Waals surface area contributed by atoms with E-state index in [0.717, 1.165) is 10.9 Å². The highest BCUT2D eigenvalue weighted by Crippen LogP contribution is 2.23. The number of hydrogen-bond acceptors (Lipinski definition) is 1. The van der Waals surface area contributed by atoms with Gasteiger partial charge >= 0.3 is 0 Å². The second kappa shape index (κ2) is 3.59. The molecule has 1 aromatic heterocycles. The molecule has 1 aromatic carbocycles. The van der Waals surface area contributed by atoms with Crippen LogP contribution in [0.1, 0.15) is 10.5 Å². The number of benzene rings is 1. The Bertz CT molecular complexity index is 516. The molecule has 0 saturated carbocycles. The van der Waals surface area contributed by atoms with Crippen LogP contribution in [0.25, 0.3) is 10.9 Å².